The van der Waals surface area contributed by atoms with Crippen molar-refractivity contribution in [2.45, 2.75) is 0 Å². The van der Waals surface area contributed by atoms with Gasteiger partial charge in [0.2, 0.25) is 0 Å². The number of ether oxygens (including phenoxy) is 1. The van der Waals surface area contributed by atoms with E-state index in [4.69, 9.17) is 4.74 Å². The van der Waals surface area contributed by atoms with Crippen molar-refractivity contribution in [3.8, 4) is 27.6 Å². The van der Waals surface area contributed by atoms with E-state index < -0.39 is 4.92 Å². The molecule has 1 heterocycles. The minimum Gasteiger partial charge on any atom is -0.497 e. The molecule has 0 radical (unpaired) electrons. The summed E-state index contributed by atoms with van der Waals surface area (Å²) in [6.07, 6.45) is 0. The second-order valence-corrected chi connectivity index (χ2v) is 5.44. The molecule has 0 fully saturated rings. The lowest BCUT2D eigenvalue weighted by molar-refractivity contribution is -0.384. The van der Waals surface area contributed by atoms with Crippen LogP contribution in [-0.2, 0) is 0 Å². The fourth-order valence-corrected chi connectivity index (χ4v) is 2.90. The molecule has 0 saturated heterocycles. The normalized spacial score (nSPS) is 10.4. The van der Waals surface area contributed by atoms with E-state index in [2.05, 4.69) is 4.98 Å². The van der Waals surface area contributed by atoms with Crippen LogP contribution in [0.4, 0.5) is 5.69 Å². The van der Waals surface area contributed by atoms with Crippen molar-refractivity contribution in [3.63, 3.8) is 0 Å². The van der Waals surface area contributed by atoms with Crippen LogP contribution in [-0.4, -0.2) is 17.0 Å². The molecule has 110 valence electrons. The molecule has 0 N–H and O–H groups in total. The topological polar surface area (TPSA) is 65.3 Å². The van der Waals surface area contributed by atoms with E-state index in [9.17, 15) is 10.1 Å². The van der Waals surface area contributed by atoms with Gasteiger partial charge in [0.15, 0.2) is 0 Å². The first-order valence-electron chi connectivity index (χ1n) is 6.52. The first kappa shape index (κ1) is 14.2. The predicted molar refractivity (Wildman–Crippen MR) is 86.2 cm³/mol. The molecular formula is C16H12N2O3S. The number of aromatic nitrogens is 1. The van der Waals surface area contributed by atoms with Gasteiger partial charge in [0.05, 0.1) is 17.7 Å². The number of nitro benzene ring substituents is 1. The fraction of sp³-hybridized carbons (Fsp3) is 0.0625. The predicted octanol–water partition coefficient (Wildman–Crippen LogP) is 4.39. The number of nitro groups is 1. The molecule has 22 heavy (non-hydrogen) atoms. The average Bonchev–Trinajstić information content (AvgIpc) is 3.05. The molecule has 6 heteroatoms. The van der Waals surface area contributed by atoms with Gasteiger partial charge in [-0.05, 0) is 12.1 Å². The number of benzene rings is 2. The van der Waals surface area contributed by atoms with Crippen LogP contribution in [0.1, 0.15) is 0 Å². The molecule has 3 aromatic rings. The van der Waals surface area contributed by atoms with E-state index in [0.717, 1.165) is 27.6 Å². The molecular weight excluding hydrogens is 300 g/mol. The summed E-state index contributed by atoms with van der Waals surface area (Å²) in [5.41, 5.74) is 2.49. The Morgan fingerprint density at radius 2 is 1.91 bits per heavy atom. The Morgan fingerprint density at radius 3 is 2.68 bits per heavy atom. The molecule has 0 aliphatic heterocycles. The zero-order valence-electron chi connectivity index (χ0n) is 11.7. The molecule has 0 spiro atoms. The van der Waals surface area contributed by atoms with Crippen LogP contribution in [0.2, 0.25) is 0 Å². The van der Waals surface area contributed by atoms with Gasteiger partial charge in [-0.25, -0.2) is 4.98 Å². The highest BCUT2D eigenvalue weighted by Gasteiger charge is 2.11. The van der Waals surface area contributed by atoms with Gasteiger partial charge in [0.1, 0.15) is 10.8 Å². The summed E-state index contributed by atoms with van der Waals surface area (Å²) in [5.74, 6) is 0.768. The highest BCUT2D eigenvalue weighted by atomic mass is 32.1. The van der Waals surface area contributed by atoms with Crippen LogP contribution in [0, 0.1) is 10.1 Å². The van der Waals surface area contributed by atoms with Crippen LogP contribution in [0.5, 0.6) is 5.75 Å². The van der Waals surface area contributed by atoms with Crippen LogP contribution in [0.15, 0.2) is 53.9 Å². The summed E-state index contributed by atoms with van der Waals surface area (Å²) in [4.78, 5) is 15.0. The number of hydrogen-bond donors (Lipinski definition) is 0. The molecule has 5 nitrogen and oxygen atoms in total. The third kappa shape index (κ3) is 2.82. The Bertz CT molecular complexity index is 830. The Labute approximate surface area is 131 Å². The maximum absolute atomic E-state index is 10.9. The highest BCUT2D eigenvalue weighted by molar-refractivity contribution is 7.13. The van der Waals surface area contributed by atoms with E-state index in [1.807, 2.05) is 35.7 Å². The van der Waals surface area contributed by atoms with Gasteiger partial charge in [-0.2, -0.15) is 0 Å². The molecule has 0 unspecified atom stereocenters. The number of rotatable bonds is 4. The smallest absolute Gasteiger partial charge is 0.270 e. The van der Waals surface area contributed by atoms with Gasteiger partial charge in [-0.15, -0.1) is 11.3 Å². The second-order valence-electron chi connectivity index (χ2n) is 4.58. The van der Waals surface area contributed by atoms with Crippen molar-refractivity contribution in [3.05, 3.63) is 64.0 Å². The average molecular weight is 312 g/mol. The van der Waals surface area contributed by atoms with Crippen molar-refractivity contribution in [1.29, 1.82) is 0 Å². The van der Waals surface area contributed by atoms with Crippen molar-refractivity contribution < 1.29 is 9.66 Å². The van der Waals surface area contributed by atoms with Crippen LogP contribution in [0.25, 0.3) is 21.8 Å². The summed E-state index contributed by atoms with van der Waals surface area (Å²) in [5, 5.41) is 13.6. The summed E-state index contributed by atoms with van der Waals surface area (Å²) in [7, 11) is 1.62. The van der Waals surface area contributed by atoms with Crippen LogP contribution < -0.4 is 4.74 Å². The van der Waals surface area contributed by atoms with Crippen molar-refractivity contribution in [2.75, 3.05) is 7.11 Å². The van der Waals surface area contributed by atoms with Crippen molar-refractivity contribution >= 4 is 17.0 Å². The minimum absolute atomic E-state index is 0.0634. The maximum atomic E-state index is 10.9. The second kappa shape index (κ2) is 5.95. The quantitative estimate of drug-likeness (QED) is 0.529. The maximum Gasteiger partial charge on any atom is 0.270 e. The van der Waals surface area contributed by atoms with Crippen molar-refractivity contribution in [1.82, 2.24) is 4.98 Å². The molecule has 2 aromatic carbocycles. The van der Waals surface area contributed by atoms with Gasteiger partial charge in [0.25, 0.3) is 5.69 Å². The van der Waals surface area contributed by atoms with Crippen molar-refractivity contribution in [2.24, 2.45) is 0 Å². The standard InChI is InChI=1S/C16H12N2O3S/c1-21-14-7-3-5-12(9-14)16-17-15(10-22-16)11-4-2-6-13(8-11)18(19)20/h2-10H,1H3. The third-order valence-corrected chi connectivity index (χ3v) is 4.06. The molecule has 0 atom stereocenters. The summed E-state index contributed by atoms with van der Waals surface area (Å²) < 4.78 is 5.21. The van der Waals surface area contributed by atoms with Gasteiger partial charge >= 0.3 is 0 Å². The Hall–Kier alpha value is -2.73. The number of hydrogen-bond acceptors (Lipinski definition) is 5. The Kier molecular flexibility index (Phi) is 3.84. The van der Waals surface area contributed by atoms with Gasteiger partial charge < -0.3 is 4.74 Å². The largest absolute Gasteiger partial charge is 0.497 e. The zero-order chi connectivity index (χ0) is 15.5. The van der Waals surface area contributed by atoms with Crippen LogP contribution in [0.3, 0.4) is 0 Å². The van der Waals surface area contributed by atoms with Gasteiger partial charge in [-0.3, -0.25) is 10.1 Å². The first-order chi connectivity index (χ1) is 10.7. The van der Waals surface area contributed by atoms with Gasteiger partial charge in [0, 0.05) is 28.6 Å². The van der Waals surface area contributed by atoms with E-state index >= 15 is 0 Å². The third-order valence-electron chi connectivity index (χ3n) is 3.17. The molecule has 3 rings (SSSR count). The molecule has 0 aliphatic rings. The Balaban J connectivity index is 1.96. The minimum atomic E-state index is -0.404. The van der Waals surface area contributed by atoms with Gasteiger partial charge in [-0.1, -0.05) is 24.3 Å². The summed E-state index contributed by atoms with van der Waals surface area (Å²) in [6, 6.07) is 14.1. The molecule has 0 bridgehead atoms. The molecule has 0 amide bonds. The first-order valence-corrected chi connectivity index (χ1v) is 7.40. The number of methoxy groups -OCH3 is 1. The SMILES string of the molecule is COc1cccc(-c2nc(-c3cccc([N+](=O)[O-])c3)cs2)c1. The van der Waals surface area contributed by atoms with E-state index in [-0.39, 0.29) is 5.69 Å². The summed E-state index contributed by atoms with van der Waals surface area (Å²) in [6.45, 7) is 0. The fourth-order valence-electron chi connectivity index (χ4n) is 2.07. The summed E-state index contributed by atoms with van der Waals surface area (Å²) >= 11 is 1.49. The van der Waals surface area contributed by atoms with E-state index in [1.165, 1.54) is 23.5 Å². The number of thiazole rings is 1. The lowest BCUT2D eigenvalue weighted by atomic mass is 10.1. The monoisotopic (exact) mass is 312 g/mol. The molecule has 1 aromatic heterocycles. The zero-order valence-corrected chi connectivity index (χ0v) is 12.5. The number of nitrogens with zero attached hydrogens (tertiary/aromatic N) is 2. The van der Waals surface area contributed by atoms with Crippen LogP contribution >= 0.6 is 11.3 Å². The number of non-ortho nitro benzene ring substituents is 1. The Morgan fingerprint density at radius 1 is 1.14 bits per heavy atom. The lowest BCUT2D eigenvalue weighted by Gasteiger charge is -2.01. The molecule has 0 saturated carbocycles. The van der Waals surface area contributed by atoms with E-state index in [1.54, 1.807) is 13.2 Å². The lowest BCUT2D eigenvalue weighted by Crippen LogP contribution is -1.88. The highest BCUT2D eigenvalue weighted by Crippen LogP contribution is 2.31. The van der Waals surface area contributed by atoms with E-state index in [0.29, 0.717) is 0 Å². The molecule has 0 aliphatic carbocycles.